The molecule has 0 aliphatic rings. The van der Waals surface area contributed by atoms with Crippen molar-refractivity contribution in [2.75, 3.05) is 12.4 Å². The largest absolute Gasteiger partial charge is 0.373 e. The van der Waals surface area contributed by atoms with E-state index in [1.54, 1.807) is 18.0 Å². The van der Waals surface area contributed by atoms with Gasteiger partial charge >= 0.3 is 0 Å². The van der Waals surface area contributed by atoms with Crippen molar-refractivity contribution < 1.29 is 0 Å². The summed E-state index contributed by atoms with van der Waals surface area (Å²) in [5.74, 6) is 1.71. The van der Waals surface area contributed by atoms with Gasteiger partial charge in [0.1, 0.15) is 16.7 Å². The van der Waals surface area contributed by atoms with Crippen LogP contribution in [0.15, 0.2) is 22.6 Å². The second-order valence-corrected chi connectivity index (χ2v) is 6.70. The van der Waals surface area contributed by atoms with Crippen LogP contribution in [0.4, 0.5) is 5.82 Å². The summed E-state index contributed by atoms with van der Waals surface area (Å²) >= 11 is 1.57. The third-order valence-electron chi connectivity index (χ3n) is 2.97. The van der Waals surface area contributed by atoms with Crippen molar-refractivity contribution in [1.82, 2.24) is 19.5 Å². The maximum atomic E-state index is 4.73. The van der Waals surface area contributed by atoms with Gasteiger partial charge in [0.25, 0.3) is 0 Å². The number of aryl methyl sites for hydroxylation is 1. The zero-order valence-corrected chi connectivity index (χ0v) is 13.7. The van der Waals surface area contributed by atoms with E-state index in [1.807, 2.05) is 31.8 Å². The summed E-state index contributed by atoms with van der Waals surface area (Å²) in [6.45, 7) is 8.38. The van der Waals surface area contributed by atoms with Crippen LogP contribution in [0, 0.1) is 6.92 Å². The van der Waals surface area contributed by atoms with Gasteiger partial charge in [-0.1, -0.05) is 20.8 Å². The Morgan fingerprint density at radius 1 is 1.25 bits per heavy atom. The van der Waals surface area contributed by atoms with Crippen LogP contribution in [0.3, 0.4) is 0 Å². The van der Waals surface area contributed by atoms with Crippen LogP contribution in [0.1, 0.15) is 32.2 Å². The van der Waals surface area contributed by atoms with Gasteiger partial charge in [0.2, 0.25) is 0 Å². The minimum Gasteiger partial charge on any atom is -0.373 e. The molecule has 5 nitrogen and oxygen atoms in total. The van der Waals surface area contributed by atoms with E-state index in [4.69, 9.17) is 4.98 Å². The number of aromatic nitrogens is 4. The molecule has 0 aliphatic heterocycles. The molecule has 2 rings (SSSR count). The Hall–Kier alpha value is -1.56. The summed E-state index contributed by atoms with van der Waals surface area (Å²) in [7, 11) is 3.87. The summed E-state index contributed by atoms with van der Waals surface area (Å²) in [6.07, 6.45) is 3.73. The van der Waals surface area contributed by atoms with E-state index in [2.05, 4.69) is 36.1 Å². The molecule has 2 aromatic rings. The minimum absolute atomic E-state index is 0.0871. The zero-order valence-electron chi connectivity index (χ0n) is 12.9. The summed E-state index contributed by atoms with van der Waals surface area (Å²) in [5.41, 5.74) is 0.962. The lowest BCUT2D eigenvalue weighted by Gasteiger charge is -2.20. The van der Waals surface area contributed by atoms with Crippen LogP contribution >= 0.6 is 11.8 Å². The highest BCUT2D eigenvalue weighted by molar-refractivity contribution is 7.99. The van der Waals surface area contributed by atoms with E-state index in [-0.39, 0.29) is 5.41 Å². The molecule has 2 aromatic heterocycles. The van der Waals surface area contributed by atoms with Crippen LogP contribution in [-0.2, 0) is 12.5 Å². The van der Waals surface area contributed by atoms with Crippen LogP contribution in [-0.4, -0.2) is 26.6 Å². The summed E-state index contributed by atoms with van der Waals surface area (Å²) < 4.78 is 1.99. The zero-order chi connectivity index (χ0) is 14.9. The molecule has 0 aromatic carbocycles. The summed E-state index contributed by atoms with van der Waals surface area (Å²) in [5, 5.41) is 5.02. The van der Waals surface area contributed by atoms with Gasteiger partial charge < -0.3 is 9.88 Å². The molecule has 1 N–H and O–H groups in total. The van der Waals surface area contributed by atoms with Crippen molar-refractivity contribution in [2.45, 2.75) is 43.3 Å². The monoisotopic (exact) mass is 291 g/mol. The van der Waals surface area contributed by atoms with Gasteiger partial charge in [0.05, 0.1) is 0 Å². The Kier molecular flexibility index (Phi) is 4.04. The van der Waals surface area contributed by atoms with E-state index in [9.17, 15) is 0 Å². The lowest BCUT2D eigenvalue weighted by atomic mass is 9.95. The van der Waals surface area contributed by atoms with Crippen LogP contribution < -0.4 is 5.32 Å². The number of hydrogen-bond donors (Lipinski definition) is 1. The SMILES string of the molecule is CNc1nc(C(C)(C)C)nc(Sc2nccn2C)c1C. The summed E-state index contributed by atoms with van der Waals surface area (Å²) in [4.78, 5) is 13.7. The molecule has 0 atom stereocenters. The van der Waals surface area contributed by atoms with E-state index in [1.165, 1.54) is 0 Å². The normalized spacial score (nSPS) is 11.7. The minimum atomic E-state index is -0.0871. The van der Waals surface area contributed by atoms with Gasteiger partial charge in [-0.3, -0.25) is 0 Å². The smallest absolute Gasteiger partial charge is 0.174 e. The molecule has 0 saturated carbocycles. The Balaban J connectivity index is 2.48. The second-order valence-electron chi connectivity index (χ2n) is 5.75. The fourth-order valence-corrected chi connectivity index (χ4v) is 2.58. The summed E-state index contributed by atoms with van der Waals surface area (Å²) in [6, 6.07) is 0. The molecule has 0 bridgehead atoms. The molecule has 108 valence electrons. The van der Waals surface area contributed by atoms with Crippen molar-refractivity contribution in [3.8, 4) is 0 Å². The number of nitrogens with zero attached hydrogens (tertiary/aromatic N) is 4. The van der Waals surface area contributed by atoms with Gasteiger partial charge in [-0.25, -0.2) is 15.0 Å². The standard InChI is InChI=1S/C14H21N5S/c1-9-10(15-5)17-12(14(2,3)4)18-11(9)20-13-16-7-8-19(13)6/h7-8H,1-6H3,(H,15,17,18). The van der Waals surface area contributed by atoms with E-state index < -0.39 is 0 Å². The topological polar surface area (TPSA) is 55.6 Å². The van der Waals surface area contributed by atoms with Crippen molar-refractivity contribution in [3.63, 3.8) is 0 Å². The first-order valence-electron chi connectivity index (χ1n) is 6.55. The lowest BCUT2D eigenvalue weighted by molar-refractivity contribution is 0.538. The van der Waals surface area contributed by atoms with E-state index in [0.29, 0.717) is 0 Å². The third-order valence-corrected chi connectivity index (χ3v) is 4.14. The molecular weight excluding hydrogens is 270 g/mol. The predicted molar refractivity (Wildman–Crippen MR) is 82.3 cm³/mol. The van der Waals surface area contributed by atoms with Crippen molar-refractivity contribution in [1.29, 1.82) is 0 Å². The maximum absolute atomic E-state index is 4.73. The highest BCUT2D eigenvalue weighted by Crippen LogP contribution is 2.32. The number of rotatable bonds is 3. The van der Waals surface area contributed by atoms with Crippen LogP contribution in [0.5, 0.6) is 0 Å². The molecule has 0 saturated heterocycles. The fraction of sp³-hybridized carbons (Fsp3) is 0.500. The maximum Gasteiger partial charge on any atom is 0.174 e. The van der Waals surface area contributed by atoms with Crippen molar-refractivity contribution in [2.24, 2.45) is 7.05 Å². The molecular formula is C14H21N5S. The van der Waals surface area contributed by atoms with Gasteiger partial charge in [0.15, 0.2) is 5.16 Å². The number of hydrogen-bond acceptors (Lipinski definition) is 5. The van der Waals surface area contributed by atoms with E-state index in [0.717, 1.165) is 27.4 Å². The highest BCUT2D eigenvalue weighted by atomic mass is 32.2. The Morgan fingerprint density at radius 2 is 1.95 bits per heavy atom. The van der Waals surface area contributed by atoms with Crippen LogP contribution in [0.2, 0.25) is 0 Å². The molecule has 0 fully saturated rings. The molecule has 20 heavy (non-hydrogen) atoms. The Morgan fingerprint density at radius 3 is 2.45 bits per heavy atom. The van der Waals surface area contributed by atoms with Gasteiger partial charge in [0, 0.05) is 37.5 Å². The second kappa shape index (κ2) is 5.44. The molecule has 2 heterocycles. The quantitative estimate of drug-likeness (QED) is 0.881. The average Bonchev–Trinajstić information content (AvgIpc) is 2.76. The van der Waals surface area contributed by atoms with Gasteiger partial charge in [-0.15, -0.1) is 0 Å². The van der Waals surface area contributed by atoms with E-state index >= 15 is 0 Å². The number of imidazole rings is 1. The van der Waals surface area contributed by atoms with Gasteiger partial charge in [-0.2, -0.15) is 0 Å². The average molecular weight is 291 g/mol. The Bertz CT molecular complexity index is 613. The number of nitrogens with one attached hydrogen (secondary N) is 1. The first-order chi connectivity index (χ1) is 9.32. The van der Waals surface area contributed by atoms with Crippen molar-refractivity contribution >= 4 is 17.6 Å². The lowest BCUT2D eigenvalue weighted by Crippen LogP contribution is -2.18. The molecule has 0 spiro atoms. The Labute approximate surface area is 124 Å². The first kappa shape index (κ1) is 14.8. The molecule has 6 heteroatoms. The predicted octanol–water partition coefficient (Wildman–Crippen LogP) is 3.01. The molecule has 0 aliphatic carbocycles. The fourth-order valence-electron chi connectivity index (χ4n) is 1.71. The molecule has 0 amide bonds. The van der Waals surface area contributed by atoms with Crippen LogP contribution in [0.25, 0.3) is 0 Å². The first-order valence-corrected chi connectivity index (χ1v) is 7.36. The van der Waals surface area contributed by atoms with Crippen molar-refractivity contribution in [3.05, 3.63) is 23.8 Å². The molecule has 0 unspecified atom stereocenters. The number of anilines is 1. The van der Waals surface area contributed by atoms with Gasteiger partial charge in [-0.05, 0) is 18.7 Å². The molecule has 0 radical (unpaired) electrons. The highest BCUT2D eigenvalue weighted by Gasteiger charge is 2.21. The third kappa shape index (κ3) is 2.95.